The highest BCUT2D eigenvalue weighted by Gasteiger charge is 2.26. The highest BCUT2D eigenvalue weighted by Crippen LogP contribution is 2.21. The monoisotopic (exact) mass is 343 g/mol. The van der Waals surface area contributed by atoms with Gasteiger partial charge < -0.3 is 19.1 Å². The molecule has 0 aromatic carbocycles. The molecule has 132 valence electrons. The van der Waals surface area contributed by atoms with Gasteiger partial charge in [-0.3, -0.25) is 9.59 Å². The molecule has 0 radical (unpaired) electrons. The van der Waals surface area contributed by atoms with Crippen molar-refractivity contribution < 1.29 is 9.53 Å². The summed E-state index contributed by atoms with van der Waals surface area (Å²) in [5.41, 5.74) is 0.556. The lowest BCUT2D eigenvalue weighted by Crippen LogP contribution is -2.44. The lowest BCUT2D eigenvalue weighted by atomic mass is 10.2. The fourth-order valence-corrected chi connectivity index (χ4v) is 2.65. The number of hydrogen-bond acceptors (Lipinski definition) is 6. The van der Waals surface area contributed by atoms with Gasteiger partial charge in [0.05, 0.1) is 18.8 Å². The maximum Gasteiger partial charge on any atom is 0.250 e. The first-order valence-corrected chi connectivity index (χ1v) is 8.09. The molecular weight excluding hydrogens is 322 g/mol. The molecular formula is C17H21N5O3. The molecule has 1 unspecified atom stereocenters. The Labute approximate surface area is 145 Å². The van der Waals surface area contributed by atoms with Crippen molar-refractivity contribution in [2.45, 2.75) is 12.6 Å². The third kappa shape index (κ3) is 4.03. The Morgan fingerprint density at radius 3 is 2.96 bits per heavy atom. The SMILES string of the molecule is CN(C)c1nccc(C2CN(C(=O)Cn3ccccc3=O)CCO2)n1. The molecule has 0 bridgehead atoms. The van der Waals surface area contributed by atoms with Crippen LogP contribution in [0.4, 0.5) is 5.95 Å². The average Bonchev–Trinajstić information content (AvgIpc) is 2.64. The van der Waals surface area contributed by atoms with Gasteiger partial charge in [-0.05, 0) is 12.1 Å². The molecule has 3 heterocycles. The van der Waals surface area contributed by atoms with Crippen LogP contribution in [0.1, 0.15) is 11.8 Å². The molecule has 0 spiro atoms. The molecule has 25 heavy (non-hydrogen) atoms. The van der Waals surface area contributed by atoms with E-state index in [1.54, 1.807) is 35.5 Å². The minimum atomic E-state index is -0.299. The Morgan fingerprint density at radius 1 is 1.36 bits per heavy atom. The summed E-state index contributed by atoms with van der Waals surface area (Å²) in [5.74, 6) is 0.490. The van der Waals surface area contributed by atoms with Crippen LogP contribution in [0, 0.1) is 0 Å². The van der Waals surface area contributed by atoms with Crippen LogP contribution in [0.15, 0.2) is 41.5 Å². The van der Waals surface area contributed by atoms with E-state index in [4.69, 9.17) is 4.74 Å². The summed E-state index contributed by atoms with van der Waals surface area (Å²) in [4.78, 5) is 36.5. The number of rotatable bonds is 4. The molecule has 1 aliphatic heterocycles. The Kier molecular flexibility index (Phi) is 5.08. The first kappa shape index (κ1) is 17.1. The molecule has 2 aromatic heterocycles. The zero-order valence-electron chi connectivity index (χ0n) is 14.3. The van der Waals surface area contributed by atoms with E-state index in [1.807, 2.05) is 19.0 Å². The molecule has 8 heteroatoms. The number of amides is 1. The van der Waals surface area contributed by atoms with Crippen LogP contribution < -0.4 is 10.5 Å². The number of ether oxygens (including phenoxy) is 1. The van der Waals surface area contributed by atoms with Gasteiger partial charge in [0, 0.05) is 39.1 Å². The van der Waals surface area contributed by atoms with E-state index >= 15 is 0 Å². The predicted octanol–water partition coefficient (Wildman–Crippen LogP) is 0.304. The lowest BCUT2D eigenvalue weighted by molar-refractivity contribution is -0.139. The van der Waals surface area contributed by atoms with Gasteiger partial charge >= 0.3 is 0 Å². The van der Waals surface area contributed by atoms with Crippen LogP contribution in [0.3, 0.4) is 0 Å². The number of pyridine rings is 1. The normalized spacial score (nSPS) is 17.4. The predicted molar refractivity (Wildman–Crippen MR) is 92.3 cm³/mol. The molecule has 1 atom stereocenters. The van der Waals surface area contributed by atoms with Gasteiger partial charge in [-0.1, -0.05) is 6.07 Å². The second-order valence-corrected chi connectivity index (χ2v) is 6.04. The quantitative estimate of drug-likeness (QED) is 0.795. The van der Waals surface area contributed by atoms with E-state index in [2.05, 4.69) is 9.97 Å². The van der Waals surface area contributed by atoms with Gasteiger partial charge in [0.1, 0.15) is 12.6 Å². The van der Waals surface area contributed by atoms with E-state index in [0.717, 1.165) is 5.69 Å². The number of aromatic nitrogens is 3. The second kappa shape index (κ2) is 7.43. The van der Waals surface area contributed by atoms with Crippen molar-refractivity contribution in [3.63, 3.8) is 0 Å². The highest BCUT2D eigenvalue weighted by atomic mass is 16.5. The van der Waals surface area contributed by atoms with Gasteiger partial charge in [0.2, 0.25) is 11.9 Å². The summed E-state index contributed by atoms with van der Waals surface area (Å²) in [6.07, 6.45) is 3.00. The molecule has 1 saturated heterocycles. The third-order valence-electron chi connectivity index (χ3n) is 4.02. The Hall–Kier alpha value is -2.74. The molecule has 3 rings (SSSR count). The molecule has 0 aliphatic carbocycles. The number of carbonyl (C=O) groups is 1. The Bertz CT molecular complexity index is 805. The average molecular weight is 343 g/mol. The molecule has 1 amide bonds. The number of nitrogens with zero attached hydrogens (tertiary/aromatic N) is 5. The summed E-state index contributed by atoms with van der Waals surface area (Å²) in [6, 6.07) is 6.64. The van der Waals surface area contributed by atoms with Crippen LogP contribution in [0.2, 0.25) is 0 Å². The number of morpholine rings is 1. The standard InChI is InChI=1S/C17H21N5O3/c1-20(2)17-18-7-6-13(19-17)14-11-22(9-10-25-14)16(24)12-21-8-4-3-5-15(21)23/h3-8,14H,9-12H2,1-2H3. The van der Waals surface area contributed by atoms with Gasteiger partial charge in [0.25, 0.3) is 5.56 Å². The van der Waals surface area contributed by atoms with Gasteiger partial charge in [-0.25, -0.2) is 9.97 Å². The molecule has 1 fully saturated rings. The van der Waals surface area contributed by atoms with Crippen molar-refractivity contribution in [1.82, 2.24) is 19.4 Å². The van der Waals surface area contributed by atoms with Crippen molar-refractivity contribution in [3.8, 4) is 0 Å². The van der Waals surface area contributed by atoms with Crippen molar-refractivity contribution in [2.75, 3.05) is 38.7 Å². The number of hydrogen-bond donors (Lipinski definition) is 0. The van der Waals surface area contributed by atoms with Crippen LogP contribution in [0.5, 0.6) is 0 Å². The summed E-state index contributed by atoms with van der Waals surface area (Å²) in [5, 5.41) is 0. The van der Waals surface area contributed by atoms with E-state index in [0.29, 0.717) is 25.6 Å². The molecule has 2 aromatic rings. The van der Waals surface area contributed by atoms with Gasteiger partial charge in [-0.2, -0.15) is 0 Å². The number of anilines is 1. The highest BCUT2D eigenvalue weighted by molar-refractivity contribution is 5.76. The molecule has 1 aliphatic rings. The van der Waals surface area contributed by atoms with Crippen LogP contribution >= 0.6 is 0 Å². The molecule has 8 nitrogen and oxygen atoms in total. The van der Waals surface area contributed by atoms with Gasteiger partial charge in [0.15, 0.2) is 0 Å². The third-order valence-corrected chi connectivity index (χ3v) is 4.02. The largest absolute Gasteiger partial charge is 0.368 e. The minimum Gasteiger partial charge on any atom is -0.368 e. The summed E-state index contributed by atoms with van der Waals surface area (Å²) < 4.78 is 7.19. The van der Waals surface area contributed by atoms with Crippen molar-refractivity contribution in [2.24, 2.45) is 0 Å². The van der Waals surface area contributed by atoms with Crippen molar-refractivity contribution in [1.29, 1.82) is 0 Å². The zero-order chi connectivity index (χ0) is 17.8. The minimum absolute atomic E-state index is 0.0269. The van der Waals surface area contributed by atoms with Crippen LogP contribution in [-0.4, -0.2) is 59.1 Å². The van der Waals surface area contributed by atoms with E-state index in [1.165, 1.54) is 10.6 Å². The topological polar surface area (TPSA) is 80.6 Å². The second-order valence-electron chi connectivity index (χ2n) is 6.04. The Balaban J connectivity index is 1.70. The van der Waals surface area contributed by atoms with Crippen molar-refractivity contribution >= 4 is 11.9 Å². The lowest BCUT2D eigenvalue weighted by Gasteiger charge is -2.33. The number of carbonyl (C=O) groups excluding carboxylic acids is 1. The van der Waals surface area contributed by atoms with Crippen LogP contribution in [0.25, 0.3) is 0 Å². The van der Waals surface area contributed by atoms with E-state index in [-0.39, 0.29) is 24.1 Å². The maximum absolute atomic E-state index is 12.5. The van der Waals surface area contributed by atoms with Crippen molar-refractivity contribution in [3.05, 3.63) is 52.7 Å². The Morgan fingerprint density at radius 2 is 2.20 bits per heavy atom. The first-order chi connectivity index (χ1) is 12.0. The zero-order valence-corrected chi connectivity index (χ0v) is 14.3. The smallest absolute Gasteiger partial charge is 0.250 e. The van der Waals surface area contributed by atoms with Gasteiger partial charge in [-0.15, -0.1) is 0 Å². The van der Waals surface area contributed by atoms with E-state index in [9.17, 15) is 9.59 Å². The summed E-state index contributed by atoms with van der Waals surface area (Å²) in [6.45, 7) is 1.37. The van der Waals surface area contributed by atoms with E-state index < -0.39 is 0 Å². The molecule has 0 N–H and O–H groups in total. The summed E-state index contributed by atoms with van der Waals surface area (Å²) in [7, 11) is 3.74. The maximum atomic E-state index is 12.5. The fourth-order valence-electron chi connectivity index (χ4n) is 2.65. The first-order valence-electron chi connectivity index (χ1n) is 8.09. The fraction of sp³-hybridized carbons (Fsp3) is 0.412. The van der Waals surface area contributed by atoms with Crippen LogP contribution in [-0.2, 0) is 16.1 Å². The summed E-state index contributed by atoms with van der Waals surface area (Å²) >= 11 is 0. The molecule has 0 saturated carbocycles.